The van der Waals surface area contributed by atoms with Gasteiger partial charge in [0.05, 0.1) is 0 Å². The fourth-order valence-electron chi connectivity index (χ4n) is 2.01. The first-order valence-electron chi connectivity index (χ1n) is 4.83. The molecule has 0 aromatic carbocycles. The van der Waals surface area contributed by atoms with E-state index in [4.69, 9.17) is 0 Å². The Morgan fingerprint density at radius 2 is 1.36 bits per heavy atom. The minimum Gasteiger partial charge on any atom is -0.314 e. The lowest BCUT2D eigenvalue weighted by atomic mass is 10.4. The number of hydrogen-bond acceptors (Lipinski definition) is 2. The summed E-state index contributed by atoms with van der Waals surface area (Å²) in [5, 5.41) is 5.56. The molecule has 2 N–H and O–H groups in total. The van der Waals surface area contributed by atoms with Gasteiger partial charge in [0.1, 0.15) is 12.3 Å². The molecule has 2 heterocycles. The Labute approximate surface area is 82.2 Å². The standard InChI is InChI=1S/C8H14N4O2/c1-3-11-5-6(10-7(11)13)12(4-2)8(14)9-5/h5-6H,3-4H2,1-2H3,(H,9,14)(H,10,13)/t5-,6-/m0/s1. The molecule has 0 saturated carbocycles. The molecule has 0 aliphatic carbocycles. The molecule has 6 heteroatoms. The van der Waals surface area contributed by atoms with Gasteiger partial charge in [-0.05, 0) is 13.8 Å². The summed E-state index contributed by atoms with van der Waals surface area (Å²) in [5.41, 5.74) is 0. The van der Waals surface area contributed by atoms with Crippen LogP contribution in [0.3, 0.4) is 0 Å². The van der Waals surface area contributed by atoms with E-state index >= 15 is 0 Å². The van der Waals surface area contributed by atoms with Crippen LogP contribution in [0.15, 0.2) is 0 Å². The van der Waals surface area contributed by atoms with Gasteiger partial charge in [-0.25, -0.2) is 9.59 Å². The molecule has 0 radical (unpaired) electrons. The lowest BCUT2D eigenvalue weighted by Crippen LogP contribution is -2.43. The van der Waals surface area contributed by atoms with Gasteiger partial charge in [0.15, 0.2) is 0 Å². The Morgan fingerprint density at radius 3 is 1.64 bits per heavy atom. The molecular formula is C8H14N4O2. The van der Waals surface area contributed by atoms with Crippen LogP contribution in [0.5, 0.6) is 0 Å². The molecule has 0 bridgehead atoms. The minimum absolute atomic E-state index is 0.110. The van der Waals surface area contributed by atoms with E-state index in [0.717, 1.165) is 0 Å². The molecule has 0 aromatic rings. The van der Waals surface area contributed by atoms with Crippen molar-refractivity contribution in [2.24, 2.45) is 0 Å². The third kappa shape index (κ3) is 1.03. The summed E-state index contributed by atoms with van der Waals surface area (Å²) in [7, 11) is 0. The van der Waals surface area contributed by atoms with Crippen LogP contribution in [0, 0.1) is 0 Å². The number of amides is 4. The fourth-order valence-corrected chi connectivity index (χ4v) is 2.01. The number of nitrogens with zero attached hydrogens (tertiary/aromatic N) is 2. The summed E-state index contributed by atoms with van der Waals surface area (Å²) in [5.74, 6) is 0. The second-order valence-corrected chi connectivity index (χ2v) is 3.36. The van der Waals surface area contributed by atoms with Crippen LogP contribution in [0.2, 0.25) is 0 Å². The summed E-state index contributed by atoms with van der Waals surface area (Å²) in [6, 6.07) is -0.220. The van der Waals surface area contributed by atoms with Crippen LogP contribution in [-0.4, -0.2) is 47.3 Å². The van der Waals surface area contributed by atoms with Gasteiger partial charge in [0, 0.05) is 13.1 Å². The lowest BCUT2D eigenvalue weighted by molar-refractivity contribution is 0.198. The van der Waals surface area contributed by atoms with E-state index in [-0.39, 0.29) is 24.4 Å². The molecule has 2 aliphatic rings. The summed E-state index contributed by atoms with van der Waals surface area (Å²) in [4.78, 5) is 26.1. The average molecular weight is 198 g/mol. The molecule has 2 fully saturated rings. The van der Waals surface area contributed by atoms with E-state index in [1.165, 1.54) is 0 Å². The molecule has 0 aromatic heterocycles. The van der Waals surface area contributed by atoms with Crippen LogP contribution in [0.1, 0.15) is 13.8 Å². The number of nitrogens with one attached hydrogen (secondary N) is 2. The van der Waals surface area contributed by atoms with Crippen LogP contribution in [-0.2, 0) is 0 Å². The van der Waals surface area contributed by atoms with Crippen molar-refractivity contribution in [2.75, 3.05) is 13.1 Å². The molecule has 4 amide bonds. The number of hydrogen-bond donors (Lipinski definition) is 2. The van der Waals surface area contributed by atoms with Crippen molar-refractivity contribution in [3.63, 3.8) is 0 Å². The number of fused-ring (bicyclic) bond motifs is 1. The highest BCUT2D eigenvalue weighted by Gasteiger charge is 2.48. The smallest absolute Gasteiger partial charge is 0.314 e. The predicted molar refractivity (Wildman–Crippen MR) is 49.4 cm³/mol. The Morgan fingerprint density at radius 1 is 1.00 bits per heavy atom. The summed E-state index contributed by atoms with van der Waals surface area (Å²) in [6.07, 6.45) is -0.417. The SMILES string of the molecule is CCN1C(=O)N[C@@H]2[C@H]1NC(=O)N2CC. The number of likely N-dealkylation sites (N-methyl/N-ethyl adjacent to an activating group) is 2. The van der Waals surface area contributed by atoms with Crippen LogP contribution < -0.4 is 10.6 Å². The van der Waals surface area contributed by atoms with Crippen LogP contribution >= 0.6 is 0 Å². The lowest BCUT2D eigenvalue weighted by Gasteiger charge is -2.19. The van der Waals surface area contributed by atoms with Crippen molar-refractivity contribution in [1.82, 2.24) is 20.4 Å². The van der Waals surface area contributed by atoms with Crippen LogP contribution in [0.25, 0.3) is 0 Å². The number of carbonyl (C=O) groups is 2. The van der Waals surface area contributed by atoms with Gasteiger partial charge in [-0.2, -0.15) is 0 Å². The highest BCUT2D eigenvalue weighted by atomic mass is 16.2. The Balaban J connectivity index is 2.20. The van der Waals surface area contributed by atoms with Gasteiger partial charge in [-0.15, -0.1) is 0 Å². The predicted octanol–water partition coefficient (Wildman–Crippen LogP) is -0.271. The Bertz CT molecular complexity index is 253. The van der Waals surface area contributed by atoms with Crippen molar-refractivity contribution in [3.05, 3.63) is 0 Å². The van der Waals surface area contributed by atoms with Crippen molar-refractivity contribution in [1.29, 1.82) is 0 Å². The molecule has 0 unspecified atom stereocenters. The number of urea groups is 2. The topological polar surface area (TPSA) is 64.7 Å². The molecule has 78 valence electrons. The molecule has 2 atom stereocenters. The van der Waals surface area contributed by atoms with Gasteiger partial charge >= 0.3 is 12.1 Å². The van der Waals surface area contributed by atoms with Gasteiger partial charge in [0.25, 0.3) is 0 Å². The molecule has 2 rings (SSSR count). The zero-order chi connectivity index (χ0) is 10.3. The zero-order valence-corrected chi connectivity index (χ0v) is 8.28. The van der Waals surface area contributed by atoms with E-state index in [0.29, 0.717) is 13.1 Å². The monoisotopic (exact) mass is 198 g/mol. The Hall–Kier alpha value is -1.46. The van der Waals surface area contributed by atoms with Crippen LogP contribution in [0.4, 0.5) is 9.59 Å². The highest BCUT2D eigenvalue weighted by molar-refractivity contribution is 5.84. The first-order chi connectivity index (χ1) is 6.69. The van der Waals surface area contributed by atoms with Crippen molar-refractivity contribution < 1.29 is 9.59 Å². The van der Waals surface area contributed by atoms with Gasteiger partial charge in [-0.1, -0.05) is 0 Å². The van der Waals surface area contributed by atoms with E-state index in [1.807, 2.05) is 13.8 Å². The first kappa shape index (κ1) is 9.11. The Kier molecular flexibility index (Phi) is 1.98. The second kappa shape index (κ2) is 3.04. The summed E-state index contributed by atoms with van der Waals surface area (Å²) >= 11 is 0. The maximum atomic E-state index is 11.4. The minimum atomic E-state index is -0.208. The van der Waals surface area contributed by atoms with Gasteiger partial charge in [0.2, 0.25) is 0 Å². The first-order valence-corrected chi connectivity index (χ1v) is 4.83. The van der Waals surface area contributed by atoms with E-state index in [9.17, 15) is 9.59 Å². The third-order valence-corrected chi connectivity index (χ3v) is 2.72. The normalized spacial score (nSPS) is 30.4. The van der Waals surface area contributed by atoms with Gasteiger partial charge in [-0.3, -0.25) is 0 Å². The van der Waals surface area contributed by atoms with E-state index in [1.54, 1.807) is 9.80 Å². The molecule has 14 heavy (non-hydrogen) atoms. The maximum Gasteiger partial charge on any atom is 0.320 e. The summed E-state index contributed by atoms with van der Waals surface area (Å²) < 4.78 is 0. The third-order valence-electron chi connectivity index (χ3n) is 2.72. The van der Waals surface area contributed by atoms with E-state index in [2.05, 4.69) is 10.6 Å². The largest absolute Gasteiger partial charge is 0.320 e. The molecule has 6 nitrogen and oxygen atoms in total. The van der Waals surface area contributed by atoms with Crippen molar-refractivity contribution >= 4 is 12.1 Å². The second-order valence-electron chi connectivity index (χ2n) is 3.36. The molecule has 2 saturated heterocycles. The highest BCUT2D eigenvalue weighted by Crippen LogP contribution is 2.20. The average Bonchev–Trinajstić information content (AvgIpc) is 2.58. The molecule has 2 aliphatic heterocycles. The van der Waals surface area contributed by atoms with Crippen molar-refractivity contribution in [2.45, 2.75) is 26.2 Å². The quantitative estimate of drug-likeness (QED) is 0.641. The van der Waals surface area contributed by atoms with Crippen molar-refractivity contribution in [3.8, 4) is 0 Å². The number of carbonyl (C=O) groups excluding carboxylic acids is 2. The summed E-state index contributed by atoms with van der Waals surface area (Å²) in [6.45, 7) is 4.99. The van der Waals surface area contributed by atoms with E-state index < -0.39 is 0 Å². The molecular weight excluding hydrogens is 184 g/mol. The molecule has 0 spiro atoms. The maximum absolute atomic E-state index is 11.4. The van der Waals surface area contributed by atoms with Gasteiger partial charge < -0.3 is 20.4 Å². The fraction of sp³-hybridized carbons (Fsp3) is 0.750. The number of rotatable bonds is 2. The zero-order valence-electron chi connectivity index (χ0n) is 8.28.